The number of aromatic nitrogens is 2. The highest BCUT2D eigenvalue weighted by atomic mass is 32.2. The molecular weight excluding hydrogens is 248 g/mol. The van der Waals surface area contributed by atoms with E-state index < -0.39 is 9.84 Å². The van der Waals surface area contributed by atoms with Crippen molar-refractivity contribution in [2.45, 2.75) is 45.1 Å². The second-order valence-corrected chi connectivity index (χ2v) is 8.10. The van der Waals surface area contributed by atoms with Crippen molar-refractivity contribution in [3.63, 3.8) is 0 Å². The summed E-state index contributed by atoms with van der Waals surface area (Å²) in [5.41, 5.74) is 1.12. The molecule has 1 saturated heterocycles. The van der Waals surface area contributed by atoms with Crippen molar-refractivity contribution in [3.8, 4) is 0 Å². The van der Waals surface area contributed by atoms with Crippen molar-refractivity contribution in [1.29, 1.82) is 0 Å². The zero-order chi connectivity index (χ0) is 12.8. The molecule has 2 aliphatic rings. The van der Waals surface area contributed by atoms with Crippen LogP contribution in [0.15, 0.2) is 6.20 Å². The van der Waals surface area contributed by atoms with Gasteiger partial charge in [0.25, 0.3) is 0 Å². The summed E-state index contributed by atoms with van der Waals surface area (Å²) in [7, 11) is -2.77. The standard InChI is InChI=1S/C13H20N2O2S/c1-10-2-5-15-9-12(14-13(15)8-10)11-3-6-18(16,17)7-4-11/h9-11H,2-8H2,1H3. The lowest BCUT2D eigenvalue weighted by atomic mass is 10.00. The van der Waals surface area contributed by atoms with E-state index in [4.69, 9.17) is 4.98 Å². The fourth-order valence-corrected chi connectivity index (χ4v) is 4.48. The topological polar surface area (TPSA) is 52.0 Å². The van der Waals surface area contributed by atoms with E-state index in [1.54, 1.807) is 0 Å². The third-order valence-electron chi connectivity index (χ3n) is 4.24. The molecule has 18 heavy (non-hydrogen) atoms. The molecular formula is C13H20N2O2S. The summed E-state index contributed by atoms with van der Waals surface area (Å²) in [5, 5.41) is 0. The van der Waals surface area contributed by atoms with E-state index in [9.17, 15) is 8.42 Å². The number of rotatable bonds is 1. The Morgan fingerprint density at radius 3 is 2.72 bits per heavy atom. The summed E-state index contributed by atoms with van der Waals surface area (Å²) in [6, 6.07) is 0. The molecule has 0 aliphatic carbocycles. The highest BCUT2D eigenvalue weighted by Gasteiger charge is 2.27. The van der Waals surface area contributed by atoms with Gasteiger partial charge in [-0.05, 0) is 25.2 Å². The first-order chi connectivity index (χ1) is 8.53. The molecule has 3 rings (SSSR count). The molecule has 3 heterocycles. The van der Waals surface area contributed by atoms with Crippen LogP contribution in [0.4, 0.5) is 0 Å². The van der Waals surface area contributed by atoms with Gasteiger partial charge in [-0.1, -0.05) is 6.92 Å². The summed E-state index contributed by atoms with van der Waals surface area (Å²) in [6.07, 6.45) is 5.93. The molecule has 100 valence electrons. The molecule has 0 N–H and O–H groups in total. The number of aryl methyl sites for hydroxylation is 1. The third-order valence-corrected chi connectivity index (χ3v) is 5.96. The molecule has 1 aromatic heterocycles. The molecule has 4 nitrogen and oxygen atoms in total. The zero-order valence-corrected chi connectivity index (χ0v) is 11.6. The predicted octanol–water partition coefficient (Wildman–Crippen LogP) is 1.76. The minimum atomic E-state index is -2.77. The number of sulfone groups is 1. The Morgan fingerprint density at radius 2 is 2.00 bits per heavy atom. The smallest absolute Gasteiger partial charge is 0.150 e. The number of hydrogen-bond acceptors (Lipinski definition) is 3. The van der Waals surface area contributed by atoms with Gasteiger partial charge in [-0.2, -0.15) is 0 Å². The summed E-state index contributed by atoms with van der Waals surface area (Å²) in [5.74, 6) is 2.92. The van der Waals surface area contributed by atoms with E-state index in [2.05, 4.69) is 17.7 Å². The van der Waals surface area contributed by atoms with E-state index in [-0.39, 0.29) is 0 Å². The van der Waals surface area contributed by atoms with Gasteiger partial charge in [0.15, 0.2) is 0 Å². The number of hydrogen-bond donors (Lipinski definition) is 0. The quantitative estimate of drug-likeness (QED) is 0.780. The Bertz CT molecular complexity index is 533. The van der Waals surface area contributed by atoms with Gasteiger partial charge in [0.1, 0.15) is 15.7 Å². The molecule has 0 aromatic carbocycles. The van der Waals surface area contributed by atoms with Crippen LogP contribution in [-0.2, 0) is 22.8 Å². The van der Waals surface area contributed by atoms with Crippen LogP contribution in [0.5, 0.6) is 0 Å². The van der Waals surface area contributed by atoms with Gasteiger partial charge in [0.05, 0.1) is 17.2 Å². The molecule has 1 unspecified atom stereocenters. The highest BCUT2D eigenvalue weighted by molar-refractivity contribution is 7.91. The van der Waals surface area contributed by atoms with Crippen LogP contribution >= 0.6 is 0 Å². The fraction of sp³-hybridized carbons (Fsp3) is 0.769. The van der Waals surface area contributed by atoms with E-state index in [1.165, 1.54) is 12.2 Å². The second kappa shape index (κ2) is 4.37. The van der Waals surface area contributed by atoms with Crippen LogP contribution in [-0.4, -0.2) is 29.5 Å². The Labute approximate surface area is 108 Å². The summed E-state index contributed by atoms with van der Waals surface area (Å²) in [6.45, 7) is 3.33. The lowest BCUT2D eigenvalue weighted by Crippen LogP contribution is -2.22. The van der Waals surface area contributed by atoms with Gasteiger partial charge in [-0.3, -0.25) is 0 Å². The van der Waals surface area contributed by atoms with E-state index in [1.807, 2.05) is 0 Å². The average Bonchev–Trinajstić information content (AvgIpc) is 2.71. The first-order valence-corrected chi connectivity index (χ1v) is 8.62. The highest BCUT2D eigenvalue weighted by Crippen LogP contribution is 2.30. The maximum Gasteiger partial charge on any atom is 0.150 e. The molecule has 0 radical (unpaired) electrons. The molecule has 0 saturated carbocycles. The Hall–Kier alpha value is -0.840. The summed E-state index contributed by atoms with van der Waals surface area (Å²) >= 11 is 0. The maximum atomic E-state index is 11.4. The van der Waals surface area contributed by atoms with Gasteiger partial charge in [-0.15, -0.1) is 0 Å². The molecule has 2 aliphatic heterocycles. The van der Waals surface area contributed by atoms with Crippen LogP contribution in [0.1, 0.15) is 43.6 Å². The maximum absolute atomic E-state index is 11.4. The molecule has 1 atom stereocenters. The van der Waals surface area contributed by atoms with Crippen molar-refractivity contribution in [2.75, 3.05) is 11.5 Å². The largest absolute Gasteiger partial charge is 0.335 e. The lowest BCUT2D eigenvalue weighted by molar-refractivity contribution is 0.409. The number of nitrogens with zero attached hydrogens (tertiary/aromatic N) is 2. The Morgan fingerprint density at radius 1 is 1.28 bits per heavy atom. The van der Waals surface area contributed by atoms with Gasteiger partial charge >= 0.3 is 0 Å². The van der Waals surface area contributed by atoms with Gasteiger partial charge in [-0.25, -0.2) is 13.4 Å². The molecule has 0 amide bonds. The van der Waals surface area contributed by atoms with Crippen LogP contribution < -0.4 is 0 Å². The molecule has 0 spiro atoms. The lowest BCUT2D eigenvalue weighted by Gasteiger charge is -2.19. The minimum absolute atomic E-state index is 0.330. The molecule has 1 aromatic rings. The monoisotopic (exact) mass is 268 g/mol. The van der Waals surface area contributed by atoms with Crippen LogP contribution in [0.2, 0.25) is 0 Å². The normalized spacial score (nSPS) is 27.9. The second-order valence-electron chi connectivity index (χ2n) is 5.80. The first kappa shape index (κ1) is 12.2. The predicted molar refractivity (Wildman–Crippen MR) is 70.3 cm³/mol. The van der Waals surface area contributed by atoms with Crippen molar-refractivity contribution >= 4 is 9.84 Å². The van der Waals surface area contributed by atoms with Gasteiger partial charge in [0.2, 0.25) is 0 Å². The number of imidazole rings is 1. The molecule has 0 bridgehead atoms. The van der Waals surface area contributed by atoms with Crippen LogP contribution in [0.3, 0.4) is 0 Å². The fourth-order valence-electron chi connectivity index (χ4n) is 2.99. The third kappa shape index (κ3) is 2.32. The van der Waals surface area contributed by atoms with E-state index in [0.717, 1.165) is 37.4 Å². The summed E-state index contributed by atoms with van der Waals surface area (Å²) in [4.78, 5) is 4.74. The van der Waals surface area contributed by atoms with E-state index >= 15 is 0 Å². The van der Waals surface area contributed by atoms with Crippen molar-refractivity contribution in [2.24, 2.45) is 5.92 Å². The SMILES string of the molecule is CC1CCn2cc(C3CCS(=O)(=O)CC3)nc2C1. The van der Waals surface area contributed by atoms with Gasteiger partial charge in [0, 0.05) is 25.1 Å². The first-order valence-electron chi connectivity index (χ1n) is 6.80. The van der Waals surface area contributed by atoms with Crippen LogP contribution in [0, 0.1) is 5.92 Å². The molecule has 5 heteroatoms. The number of fused-ring (bicyclic) bond motifs is 1. The van der Waals surface area contributed by atoms with Crippen molar-refractivity contribution < 1.29 is 8.42 Å². The Kier molecular flexibility index (Phi) is 2.96. The van der Waals surface area contributed by atoms with Gasteiger partial charge < -0.3 is 4.57 Å². The van der Waals surface area contributed by atoms with E-state index in [0.29, 0.717) is 17.4 Å². The van der Waals surface area contributed by atoms with Crippen molar-refractivity contribution in [1.82, 2.24) is 9.55 Å². The summed E-state index contributed by atoms with van der Waals surface area (Å²) < 4.78 is 25.1. The minimum Gasteiger partial charge on any atom is -0.335 e. The van der Waals surface area contributed by atoms with Crippen LogP contribution in [0.25, 0.3) is 0 Å². The molecule has 1 fully saturated rings. The van der Waals surface area contributed by atoms with Crippen molar-refractivity contribution in [3.05, 3.63) is 17.7 Å². The average molecular weight is 268 g/mol. The Balaban J connectivity index is 1.78. The zero-order valence-electron chi connectivity index (χ0n) is 10.8.